The molecule has 0 aromatic heterocycles. The van der Waals surface area contributed by atoms with Crippen LogP contribution in [0.2, 0.25) is 5.02 Å². The predicted molar refractivity (Wildman–Crippen MR) is 103 cm³/mol. The van der Waals surface area contributed by atoms with Crippen molar-refractivity contribution >= 4 is 17.5 Å². The van der Waals surface area contributed by atoms with Crippen LogP contribution in [0, 0.1) is 0 Å². The lowest BCUT2D eigenvalue weighted by Gasteiger charge is -2.29. The van der Waals surface area contributed by atoms with Crippen LogP contribution in [0.15, 0.2) is 24.3 Å². The minimum Gasteiger partial charge on any atom is -0.388 e. The second kappa shape index (κ2) is 9.32. The highest BCUT2D eigenvalue weighted by molar-refractivity contribution is 6.30. The number of nitrogens with zero attached hydrogens (tertiary/aromatic N) is 2. The van der Waals surface area contributed by atoms with Gasteiger partial charge >= 0.3 is 0 Å². The molecular formula is C19H28ClN3O4. The van der Waals surface area contributed by atoms with Crippen LogP contribution in [0.3, 0.4) is 0 Å². The van der Waals surface area contributed by atoms with Gasteiger partial charge in [-0.2, -0.15) is 0 Å². The number of amides is 1. The molecule has 1 aromatic carbocycles. The Morgan fingerprint density at radius 1 is 1.30 bits per heavy atom. The van der Waals surface area contributed by atoms with Crippen molar-refractivity contribution in [2.75, 3.05) is 59.0 Å². The molecule has 0 saturated carbocycles. The molecule has 0 aliphatic carbocycles. The van der Waals surface area contributed by atoms with E-state index in [4.69, 9.17) is 16.3 Å². The van der Waals surface area contributed by atoms with Gasteiger partial charge in [0.1, 0.15) is 11.7 Å². The first kappa shape index (κ1) is 20.5. The molecule has 0 radical (unpaired) electrons. The molecule has 2 aliphatic rings. The van der Waals surface area contributed by atoms with E-state index in [-0.39, 0.29) is 32.0 Å². The highest BCUT2D eigenvalue weighted by atomic mass is 35.5. The number of nitrogens with one attached hydrogen (secondary N) is 1. The predicted octanol–water partition coefficient (Wildman–Crippen LogP) is -0.261. The molecular weight excluding hydrogens is 370 g/mol. The number of hydrogen-bond acceptors (Lipinski definition) is 6. The lowest BCUT2D eigenvalue weighted by molar-refractivity contribution is -0.130. The number of rotatable bonds is 7. The highest BCUT2D eigenvalue weighted by Gasteiger charge is 2.45. The number of morpholine rings is 1. The Bertz CT molecular complexity index is 624. The molecule has 1 amide bonds. The fraction of sp³-hybridized carbons (Fsp3) is 0.632. The van der Waals surface area contributed by atoms with Gasteiger partial charge < -0.3 is 25.2 Å². The van der Waals surface area contributed by atoms with E-state index in [1.807, 2.05) is 12.1 Å². The second-order valence-corrected chi connectivity index (χ2v) is 7.76. The third-order valence-corrected chi connectivity index (χ3v) is 5.49. The molecule has 2 aliphatic heterocycles. The number of likely N-dealkylation sites (tertiary alicyclic amines) is 1. The van der Waals surface area contributed by atoms with Crippen LogP contribution in [0.5, 0.6) is 0 Å². The zero-order chi connectivity index (χ0) is 19.3. The number of carbonyl (C=O) groups is 1. The van der Waals surface area contributed by atoms with Gasteiger partial charge in [-0.05, 0) is 17.7 Å². The molecule has 8 heteroatoms. The Morgan fingerprint density at radius 3 is 2.70 bits per heavy atom. The number of halogens is 1. The molecule has 0 bridgehead atoms. The maximum absolute atomic E-state index is 12.5. The van der Waals surface area contributed by atoms with Crippen molar-refractivity contribution in [2.24, 2.45) is 0 Å². The number of ether oxygens (including phenoxy) is 1. The molecule has 2 saturated heterocycles. The van der Waals surface area contributed by atoms with E-state index in [9.17, 15) is 15.0 Å². The Hall–Kier alpha value is -1.22. The van der Waals surface area contributed by atoms with Gasteiger partial charge in [0.25, 0.3) is 0 Å². The lowest BCUT2D eigenvalue weighted by Crippen LogP contribution is -2.51. The smallest absolute Gasteiger partial charge is 0.227 e. The number of benzene rings is 1. The molecule has 2 fully saturated rings. The average Bonchev–Trinajstić information content (AvgIpc) is 2.97. The van der Waals surface area contributed by atoms with Crippen LogP contribution in [-0.4, -0.2) is 96.7 Å². The van der Waals surface area contributed by atoms with E-state index in [0.717, 1.165) is 38.4 Å². The monoisotopic (exact) mass is 397 g/mol. The van der Waals surface area contributed by atoms with Crippen molar-refractivity contribution in [3.8, 4) is 0 Å². The fourth-order valence-electron chi connectivity index (χ4n) is 3.50. The molecule has 27 heavy (non-hydrogen) atoms. The number of aliphatic hydroxyl groups excluding tert-OH is 1. The molecule has 2 atom stereocenters. The molecule has 2 heterocycles. The minimum absolute atomic E-state index is 0.111. The molecule has 0 spiro atoms. The van der Waals surface area contributed by atoms with Crippen molar-refractivity contribution in [3.05, 3.63) is 34.9 Å². The Morgan fingerprint density at radius 2 is 2.00 bits per heavy atom. The zero-order valence-corrected chi connectivity index (χ0v) is 16.2. The summed E-state index contributed by atoms with van der Waals surface area (Å²) >= 11 is 5.86. The normalized spacial score (nSPS) is 26.5. The van der Waals surface area contributed by atoms with Gasteiger partial charge in [0, 0.05) is 44.3 Å². The Balaban J connectivity index is 1.44. The van der Waals surface area contributed by atoms with Crippen LogP contribution >= 0.6 is 11.6 Å². The maximum atomic E-state index is 12.5. The summed E-state index contributed by atoms with van der Waals surface area (Å²) in [6.45, 7) is 5.47. The standard InChI is InChI=1S/C19H28ClN3O4/c20-16-3-1-15(2-4-16)11-18(25)23-12-17(24)19(26,14-23)13-21-5-6-22-7-9-27-10-8-22/h1-4,17,21,24,26H,5-14H2/t17-,19+/m1/s1. The first-order valence-electron chi connectivity index (χ1n) is 9.40. The van der Waals surface area contributed by atoms with E-state index < -0.39 is 11.7 Å². The zero-order valence-electron chi connectivity index (χ0n) is 15.4. The van der Waals surface area contributed by atoms with E-state index in [1.54, 1.807) is 12.1 Å². The molecule has 7 nitrogen and oxygen atoms in total. The first-order chi connectivity index (χ1) is 13.0. The Labute approximate surface area is 164 Å². The largest absolute Gasteiger partial charge is 0.388 e. The van der Waals surface area contributed by atoms with Crippen LogP contribution < -0.4 is 5.32 Å². The number of carbonyl (C=O) groups excluding carboxylic acids is 1. The summed E-state index contributed by atoms with van der Waals surface area (Å²) < 4.78 is 5.32. The van der Waals surface area contributed by atoms with E-state index >= 15 is 0 Å². The van der Waals surface area contributed by atoms with Crippen molar-refractivity contribution in [1.82, 2.24) is 15.1 Å². The maximum Gasteiger partial charge on any atom is 0.227 e. The van der Waals surface area contributed by atoms with E-state index in [1.165, 1.54) is 4.90 Å². The molecule has 3 N–H and O–H groups in total. The summed E-state index contributed by atoms with van der Waals surface area (Å²) in [7, 11) is 0. The summed E-state index contributed by atoms with van der Waals surface area (Å²) in [4.78, 5) is 16.3. The molecule has 3 rings (SSSR count). The SMILES string of the molecule is O=C(Cc1ccc(Cl)cc1)N1C[C@@H](O)[C@](O)(CNCCN2CCOCC2)C1. The highest BCUT2D eigenvalue weighted by Crippen LogP contribution is 2.22. The van der Waals surface area contributed by atoms with Crippen molar-refractivity contribution in [2.45, 2.75) is 18.1 Å². The molecule has 150 valence electrons. The van der Waals surface area contributed by atoms with Gasteiger partial charge in [-0.3, -0.25) is 9.69 Å². The number of aliphatic hydroxyl groups is 2. The molecule has 1 aromatic rings. The third-order valence-electron chi connectivity index (χ3n) is 5.24. The second-order valence-electron chi connectivity index (χ2n) is 7.33. The number of hydrogen-bond donors (Lipinski definition) is 3. The summed E-state index contributed by atoms with van der Waals surface area (Å²) in [5.41, 5.74) is -0.460. The Kier molecular flexibility index (Phi) is 7.08. The summed E-state index contributed by atoms with van der Waals surface area (Å²) in [5.74, 6) is -0.111. The van der Waals surface area contributed by atoms with Crippen LogP contribution in [0.4, 0.5) is 0 Å². The summed E-state index contributed by atoms with van der Waals surface area (Å²) in [6, 6.07) is 7.12. The quantitative estimate of drug-likeness (QED) is 0.550. The lowest BCUT2D eigenvalue weighted by atomic mass is 10.0. The van der Waals surface area contributed by atoms with Gasteiger partial charge in [-0.25, -0.2) is 0 Å². The molecule has 0 unspecified atom stereocenters. The number of β-amino-alcohol motifs (C(OH)–C–C–N with tert-alkyl or cyclic N) is 2. The average molecular weight is 398 g/mol. The first-order valence-corrected chi connectivity index (χ1v) is 9.77. The van der Waals surface area contributed by atoms with Crippen LogP contribution in [0.25, 0.3) is 0 Å². The fourth-order valence-corrected chi connectivity index (χ4v) is 3.62. The van der Waals surface area contributed by atoms with Crippen molar-refractivity contribution in [1.29, 1.82) is 0 Å². The van der Waals surface area contributed by atoms with Gasteiger partial charge in [-0.1, -0.05) is 23.7 Å². The van der Waals surface area contributed by atoms with Crippen LogP contribution in [-0.2, 0) is 16.0 Å². The van der Waals surface area contributed by atoms with Crippen molar-refractivity contribution in [3.63, 3.8) is 0 Å². The van der Waals surface area contributed by atoms with Gasteiger partial charge in [0.05, 0.1) is 26.2 Å². The van der Waals surface area contributed by atoms with Gasteiger partial charge in [-0.15, -0.1) is 0 Å². The van der Waals surface area contributed by atoms with Gasteiger partial charge in [0.15, 0.2) is 0 Å². The minimum atomic E-state index is -1.32. The van der Waals surface area contributed by atoms with Crippen LogP contribution in [0.1, 0.15) is 5.56 Å². The third kappa shape index (κ3) is 5.63. The van der Waals surface area contributed by atoms with E-state index in [0.29, 0.717) is 11.6 Å². The van der Waals surface area contributed by atoms with Gasteiger partial charge in [0.2, 0.25) is 5.91 Å². The van der Waals surface area contributed by atoms with Crippen molar-refractivity contribution < 1.29 is 19.7 Å². The summed E-state index contributed by atoms with van der Waals surface area (Å²) in [5, 5.41) is 24.9. The van der Waals surface area contributed by atoms with E-state index in [2.05, 4.69) is 10.2 Å². The summed E-state index contributed by atoms with van der Waals surface area (Å²) in [6.07, 6.45) is -0.729. The topological polar surface area (TPSA) is 85.3 Å².